The maximum atomic E-state index is 12.4. The Morgan fingerprint density at radius 3 is 2.54 bits per heavy atom. The number of nitriles is 1. The molecule has 132 valence electrons. The lowest BCUT2D eigenvalue weighted by atomic mass is 10.1. The Balaban J connectivity index is 1.85. The van der Waals surface area contributed by atoms with E-state index in [9.17, 15) is 14.4 Å². The molecule has 0 unspecified atom stereocenters. The van der Waals surface area contributed by atoms with Crippen molar-refractivity contribution in [1.82, 2.24) is 18.7 Å². The van der Waals surface area contributed by atoms with Crippen LogP contribution < -0.4 is 16.6 Å². The molecule has 0 fully saturated rings. The maximum absolute atomic E-state index is 12.4. The molecule has 1 amide bonds. The highest BCUT2D eigenvalue weighted by Crippen LogP contribution is 2.11. The molecule has 3 aromatic rings. The summed E-state index contributed by atoms with van der Waals surface area (Å²) in [5.74, 6) is -0.340. The van der Waals surface area contributed by atoms with Gasteiger partial charge in [0.15, 0.2) is 11.2 Å². The predicted molar refractivity (Wildman–Crippen MR) is 94.6 cm³/mol. The van der Waals surface area contributed by atoms with Gasteiger partial charge in [0.2, 0.25) is 5.91 Å². The molecule has 9 nitrogen and oxygen atoms in total. The van der Waals surface area contributed by atoms with Crippen LogP contribution in [-0.2, 0) is 31.9 Å². The van der Waals surface area contributed by atoms with Crippen molar-refractivity contribution in [2.24, 2.45) is 14.1 Å². The number of imidazole rings is 1. The Labute approximate surface area is 147 Å². The van der Waals surface area contributed by atoms with Gasteiger partial charge in [-0.2, -0.15) is 5.26 Å². The van der Waals surface area contributed by atoms with Gasteiger partial charge >= 0.3 is 5.69 Å². The minimum atomic E-state index is -0.505. The quantitative estimate of drug-likeness (QED) is 0.717. The van der Waals surface area contributed by atoms with Gasteiger partial charge < -0.3 is 9.88 Å². The fourth-order valence-corrected chi connectivity index (χ4v) is 2.67. The van der Waals surface area contributed by atoms with Crippen LogP contribution in [0.25, 0.3) is 11.2 Å². The molecule has 2 heterocycles. The number of rotatable bonds is 4. The summed E-state index contributed by atoms with van der Waals surface area (Å²) in [4.78, 5) is 40.6. The van der Waals surface area contributed by atoms with Crippen LogP contribution in [0.2, 0.25) is 0 Å². The maximum Gasteiger partial charge on any atom is 0.332 e. The summed E-state index contributed by atoms with van der Waals surface area (Å²) in [7, 11) is 2.90. The van der Waals surface area contributed by atoms with Crippen molar-refractivity contribution < 1.29 is 4.79 Å². The molecule has 0 aliphatic heterocycles. The zero-order chi connectivity index (χ0) is 18.8. The van der Waals surface area contributed by atoms with Crippen molar-refractivity contribution in [1.29, 1.82) is 5.26 Å². The third kappa shape index (κ3) is 3.00. The largest absolute Gasteiger partial charge is 0.332 e. The van der Waals surface area contributed by atoms with Crippen LogP contribution in [0.15, 0.2) is 40.2 Å². The van der Waals surface area contributed by atoms with Crippen molar-refractivity contribution in [3.8, 4) is 6.07 Å². The van der Waals surface area contributed by atoms with Crippen LogP contribution in [0.3, 0.4) is 0 Å². The van der Waals surface area contributed by atoms with E-state index in [2.05, 4.69) is 16.4 Å². The van der Waals surface area contributed by atoms with Crippen LogP contribution in [-0.4, -0.2) is 24.6 Å². The molecule has 2 aromatic heterocycles. The van der Waals surface area contributed by atoms with Crippen LogP contribution >= 0.6 is 0 Å². The monoisotopic (exact) mass is 352 g/mol. The van der Waals surface area contributed by atoms with Gasteiger partial charge in [-0.1, -0.05) is 12.1 Å². The van der Waals surface area contributed by atoms with Gasteiger partial charge in [-0.25, -0.2) is 9.78 Å². The molecule has 0 saturated heterocycles. The second kappa shape index (κ2) is 6.68. The number of nitrogens with one attached hydrogen (secondary N) is 1. The van der Waals surface area contributed by atoms with Crippen molar-refractivity contribution in [3.63, 3.8) is 0 Å². The highest BCUT2D eigenvalue weighted by atomic mass is 16.2. The predicted octanol–water partition coefficient (Wildman–Crippen LogP) is 0.138. The minimum absolute atomic E-state index is 0.121. The molecule has 3 rings (SSSR count). The average molecular weight is 352 g/mol. The fourth-order valence-electron chi connectivity index (χ4n) is 2.67. The third-order valence-electron chi connectivity index (χ3n) is 4.05. The zero-order valence-corrected chi connectivity index (χ0v) is 14.3. The van der Waals surface area contributed by atoms with Crippen LogP contribution in [0, 0.1) is 11.3 Å². The van der Waals surface area contributed by atoms with E-state index >= 15 is 0 Å². The molecule has 9 heteroatoms. The number of nitrogens with zero attached hydrogens (tertiary/aromatic N) is 5. The van der Waals surface area contributed by atoms with Crippen molar-refractivity contribution in [2.45, 2.75) is 13.0 Å². The normalized spacial score (nSPS) is 10.7. The Bertz CT molecular complexity index is 1140. The van der Waals surface area contributed by atoms with Crippen LogP contribution in [0.5, 0.6) is 0 Å². The van der Waals surface area contributed by atoms with Crippen molar-refractivity contribution in [3.05, 3.63) is 57.0 Å². The number of aryl methyl sites for hydroxylation is 1. The summed E-state index contributed by atoms with van der Waals surface area (Å²) < 4.78 is 3.65. The molecular weight excluding hydrogens is 336 g/mol. The Morgan fingerprint density at radius 2 is 1.88 bits per heavy atom. The molecule has 0 aliphatic rings. The number of hydrogen-bond donors (Lipinski definition) is 1. The van der Waals surface area contributed by atoms with Gasteiger partial charge in [-0.15, -0.1) is 0 Å². The lowest BCUT2D eigenvalue weighted by Crippen LogP contribution is -2.37. The Morgan fingerprint density at radius 1 is 1.19 bits per heavy atom. The summed E-state index contributed by atoms with van der Waals surface area (Å²) in [6.45, 7) is -0.121. The average Bonchev–Trinajstić information content (AvgIpc) is 3.03. The molecule has 0 atom stereocenters. The van der Waals surface area contributed by atoms with Gasteiger partial charge in [0, 0.05) is 19.8 Å². The van der Waals surface area contributed by atoms with E-state index in [1.165, 1.54) is 29.6 Å². The number of benzene rings is 1. The van der Waals surface area contributed by atoms with E-state index in [0.29, 0.717) is 12.1 Å². The minimum Gasteiger partial charge on any atom is -0.325 e. The molecular formula is C17H16N6O3. The van der Waals surface area contributed by atoms with E-state index in [1.807, 2.05) is 0 Å². The summed E-state index contributed by atoms with van der Waals surface area (Å²) in [6.07, 6.45) is 1.67. The molecule has 0 saturated carbocycles. The lowest BCUT2D eigenvalue weighted by molar-refractivity contribution is -0.116. The first kappa shape index (κ1) is 17.2. The lowest BCUT2D eigenvalue weighted by Gasteiger charge is -2.08. The summed E-state index contributed by atoms with van der Waals surface area (Å²) in [5.41, 5.74) is 0.877. The molecule has 26 heavy (non-hydrogen) atoms. The summed E-state index contributed by atoms with van der Waals surface area (Å²) in [5, 5.41) is 11.4. The molecule has 0 spiro atoms. The van der Waals surface area contributed by atoms with Gasteiger partial charge in [-0.05, 0) is 17.7 Å². The number of fused-ring (bicyclic) bond motifs is 1. The van der Waals surface area contributed by atoms with E-state index < -0.39 is 11.2 Å². The Hall–Kier alpha value is -3.67. The summed E-state index contributed by atoms with van der Waals surface area (Å²) >= 11 is 0. The van der Waals surface area contributed by atoms with E-state index in [0.717, 1.165) is 10.1 Å². The highest BCUT2D eigenvalue weighted by molar-refractivity contribution is 5.91. The fraction of sp³-hybridized carbons (Fsp3) is 0.235. The standard InChI is InChI=1S/C17H16N6O3/c1-21-15-14(16(25)22(2)17(21)26)23(10-19-15)9-13(24)20-12-5-3-11(4-6-12)7-8-18/h3-6,10H,7,9H2,1-2H3,(H,20,24). The number of aromatic nitrogens is 4. The highest BCUT2D eigenvalue weighted by Gasteiger charge is 2.16. The molecule has 0 bridgehead atoms. The van der Waals surface area contributed by atoms with E-state index in [1.54, 1.807) is 24.3 Å². The van der Waals surface area contributed by atoms with Crippen LogP contribution in [0.4, 0.5) is 5.69 Å². The van der Waals surface area contributed by atoms with E-state index in [-0.39, 0.29) is 23.6 Å². The van der Waals surface area contributed by atoms with Gasteiger partial charge in [0.05, 0.1) is 18.8 Å². The number of amides is 1. The number of carbonyl (C=O) groups is 1. The zero-order valence-electron chi connectivity index (χ0n) is 14.3. The van der Waals surface area contributed by atoms with Crippen molar-refractivity contribution in [2.75, 3.05) is 5.32 Å². The van der Waals surface area contributed by atoms with Gasteiger partial charge in [0.25, 0.3) is 5.56 Å². The van der Waals surface area contributed by atoms with Crippen molar-refractivity contribution >= 4 is 22.8 Å². The summed E-state index contributed by atoms with van der Waals surface area (Å²) in [6, 6.07) is 8.99. The number of hydrogen-bond acceptors (Lipinski definition) is 5. The first-order valence-corrected chi connectivity index (χ1v) is 7.79. The van der Waals surface area contributed by atoms with E-state index in [4.69, 9.17) is 5.26 Å². The second-order valence-corrected chi connectivity index (χ2v) is 5.83. The van der Waals surface area contributed by atoms with Gasteiger partial charge in [0.1, 0.15) is 6.54 Å². The van der Waals surface area contributed by atoms with Gasteiger partial charge in [-0.3, -0.25) is 18.7 Å². The molecule has 0 aliphatic carbocycles. The molecule has 0 radical (unpaired) electrons. The smallest absolute Gasteiger partial charge is 0.325 e. The first-order chi connectivity index (χ1) is 12.4. The molecule has 1 aromatic carbocycles. The first-order valence-electron chi connectivity index (χ1n) is 7.79. The Kier molecular flexibility index (Phi) is 4.41. The second-order valence-electron chi connectivity index (χ2n) is 5.83. The SMILES string of the molecule is Cn1c(=O)c2c(ncn2CC(=O)Nc2ccc(CC#N)cc2)n(C)c1=O. The number of carbonyl (C=O) groups excluding carboxylic acids is 1. The number of anilines is 1. The van der Waals surface area contributed by atoms with Crippen LogP contribution in [0.1, 0.15) is 5.56 Å². The molecule has 1 N–H and O–H groups in total. The third-order valence-corrected chi connectivity index (χ3v) is 4.05. The topological polar surface area (TPSA) is 115 Å².